The van der Waals surface area contributed by atoms with Crippen molar-refractivity contribution in [1.82, 2.24) is 10.3 Å². The van der Waals surface area contributed by atoms with Crippen LogP contribution >= 0.6 is 0 Å². The molecule has 1 aliphatic rings. The summed E-state index contributed by atoms with van der Waals surface area (Å²) >= 11 is 0. The Morgan fingerprint density at radius 3 is 2.95 bits per heavy atom. The molecule has 1 N–H and O–H groups in total. The largest absolute Gasteiger partial charge is 0.487 e. The Hall–Kier alpha value is -1.53. The van der Waals surface area contributed by atoms with E-state index in [1.165, 1.54) is 32.1 Å². The van der Waals surface area contributed by atoms with Crippen LogP contribution in [-0.2, 0) is 0 Å². The maximum absolute atomic E-state index is 5.93. The number of aromatic nitrogens is 1. The summed E-state index contributed by atoms with van der Waals surface area (Å²) in [5, 5.41) is 3.37. The highest BCUT2D eigenvalue weighted by atomic mass is 16.5. The predicted octanol–water partition coefficient (Wildman–Crippen LogP) is 3.53. The van der Waals surface area contributed by atoms with Gasteiger partial charge >= 0.3 is 0 Å². The molecule has 21 heavy (non-hydrogen) atoms. The molecule has 0 aliphatic carbocycles. The third kappa shape index (κ3) is 5.40. The Morgan fingerprint density at radius 1 is 1.38 bits per heavy atom. The molecule has 3 heteroatoms. The van der Waals surface area contributed by atoms with Gasteiger partial charge in [-0.1, -0.05) is 38.0 Å². The minimum Gasteiger partial charge on any atom is -0.487 e. The van der Waals surface area contributed by atoms with Crippen LogP contribution in [0.4, 0.5) is 0 Å². The first-order chi connectivity index (χ1) is 10.3. The van der Waals surface area contributed by atoms with E-state index >= 15 is 0 Å². The Balaban J connectivity index is 1.81. The Kier molecular flexibility index (Phi) is 6.56. The standard InChI is InChI=1S/C18H26N2O/c1-3-4-5-6-7-8-9-16-12-17(14-19-13-16)21-15(2)18-10-11-20-18/h12-15,18,20H,3-7,10-11H2,1-2H3/t15?,18-/m0/s1. The molecule has 0 spiro atoms. The highest BCUT2D eigenvalue weighted by Gasteiger charge is 2.24. The van der Waals surface area contributed by atoms with E-state index in [0.29, 0.717) is 6.04 Å². The molecule has 3 nitrogen and oxygen atoms in total. The van der Waals surface area contributed by atoms with Crippen molar-refractivity contribution in [2.45, 2.75) is 64.5 Å². The number of nitrogens with zero attached hydrogens (tertiary/aromatic N) is 1. The molecule has 0 bridgehead atoms. The molecule has 2 heterocycles. The van der Waals surface area contributed by atoms with Crippen molar-refractivity contribution < 1.29 is 4.74 Å². The Labute approximate surface area is 128 Å². The molecule has 1 saturated heterocycles. The van der Waals surface area contributed by atoms with Gasteiger partial charge in [-0.05, 0) is 32.4 Å². The van der Waals surface area contributed by atoms with Gasteiger partial charge in [0.25, 0.3) is 0 Å². The van der Waals surface area contributed by atoms with Crippen LogP contribution < -0.4 is 10.1 Å². The van der Waals surface area contributed by atoms with E-state index in [1.54, 1.807) is 12.4 Å². The van der Waals surface area contributed by atoms with E-state index in [1.807, 2.05) is 6.07 Å². The lowest BCUT2D eigenvalue weighted by atomic mass is 10.0. The summed E-state index contributed by atoms with van der Waals surface area (Å²) in [6, 6.07) is 2.46. The molecular formula is C18H26N2O. The first-order valence-corrected chi connectivity index (χ1v) is 8.13. The predicted molar refractivity (Wildman–Crippen MR) is 86.4 cm³/mol. The molecule has 1 unspecified atom stereocenters. The van der Waals surface area contributed by atoms with Crippen molar-refractivity contribution >= 4 is 0 Å². The van der Waals surface area contributed by atoms with E-state index < -0.39 is 0 Å². The summed E-state index contributed by atoms with van der Waals surface area (Å²) in [6.45, 7) is 5.42. The molecular weight excluding hydrogens is 260 g/mol. The van der Waals surface area contributed by atoms with Gasteiger partial charge in [-0.2, -0.15) is 0 Å². The zero-order valence-electron chi connectivity index (χ0n) is 13.2. The second-order valence-electron chi connectivity index (χ2n) is 5.69. The van der Waals surface area contributed by atoms with Gasteiger partial charge in [0, 0.05) is 24.2 Å². The third-order valence-corrected chi connectivity index (χ3v) is 3.85. The van der Waals surface area contributed by atoms with E-state index in [4.69, 9.17) is 4.74 Å². The molecule has 1 aromatic rings. The summed E-state index contributed by atoms with van der Waals surface area (Å²) in [5.41, 5.74) is 0.941. The van der Waals surface area contributed by atoms with E-state index in [-0.39, 0.29) is 6.10 Å². The van der Waals surface area contributed by atoms with Crippen LogP contribution in [0.1, 0.15) is 57.9 Å². The van der Waals surface area contributed by atoms with Crippen LogP contribution in [0.2, 0.25) is 0 Å². The molecule has 1 aromatic heterocycles. The van der Waals surface area contributed by atoms with E-state index in [9.17, 15) is 0 Å². The summed E-state index contributed by atoms with van der Waals surface area (Å²) in [4.78, 5) is 4.22. The quantitative estimate of drug-likeness (QED) is 0.615. The number of hydrogen-bond acceptors (Lipinski definition) is 3. The van der Waals surface area contributed by atoms with Crippen molar-refractivity contribution in [2.75, 3.05) is 6.54 Å². The molecule has 0 amide bonds. The van der Waals surface area contributed by atoms with Crippen LogP contribution in [0.5, 0.6) is 5.75 Å². The lowest BCUT2D eigenvalue weighted by Gasteiger charge is -2.33. The number of unbranched alkanes of at least 4 members (excludes halogenated alkanes) is 4. The van der Waals surface area contributed by atoms with Crippen LogP contribution in [0.15, 0.2) is 18.5 Å². The van der Waals surface area contributed by atoms with Gasteiger partial charge in [-0.15, -0.1) is 0 Å². The van der Waals surface area contributed by atoms with Crippen molar-refractivity contribution in [3.8, 4) is 17.6 Å². The lowest BCUT2D eigenvalue weighted by molar-refractivity contribution is 0.133. The highest BCUT2D eigenvalue weighted by Crippen LogP contribution is 2.17. The average molecular weight is 286 g/mol. The van der Waals surface area contributed by atoms with Crippen LogP contribution in [0, 0.1) is 11.8 Å². The molecule has 1 aliphatic heterocycles. The Bertz CT molecular complexity index is 485. The number of ether oxygens (including phenoxy) is 1. The number of hydrogen-bond donors (Lipinski definition) is 1. The molecule has 0 saturated carbocycles. The molecule has 0 radical (unpaired) electrons. The van der Waals surface area contributed by atoms with Gasteiger partial charge in [0.05, 0.1) is 6.20 Å². The number of nitrogens with one attached hydrogen (secondary N) is 1. The zero-order valence-corrected chi connectivity index (χ0v) is 13.2. The van der Waals surface area contributed by atoms with Crippen LogP contribution in [-0.4, -0.2) is 23.7 Å². The summed E-state index contributed by atoms with van der Waals surface area (Å²) in [7, 11) is 0. The minimum absolute atomic E-state index is 0.179. The lowest BCUT2D eigenvalue weighted by Crippen LogP contribution is -2.51. The minimum atomic E-state index is 0.179. The monoisotopic (exact) mass is 286 g/mol. The summed E-state index contributed by atoms with van der Waals surface area (Å²) in [6.07, 6.45) is 10.9. The van der Waals surface area contributed by atoms with Crippen LogP contribution in [0.25, 0.3) is 0 Å². The van der Waals surface area contributed by atoms with Gasteiger partial charge in [0.2, 0.25) is 0 Å². The van der Waals surface area contributed by atoms with Gasteiger partial charge in [0.1, 0.15) is 11.9 Å². The van der Waals surface area contributed by atoms with Gasteiger partial charge in [0.15, 0.2) is 0 Å². The summed E-state index contributed by atoms with van der Waals surface area (Å²) < 4.78 is 5.93. The first kappa shape index (κ1) is 15.9. The Morgan fingerprint density at radius 2 is 2.24 bits per heavy atom. The van der Waals surface area contributed by atoms with Gasteiger partial charge < -0.3 is 10.1 Å². The van der Waals surface area contributed by atoms with Gasteiger partial charge in [-0.25, -0.2) is 0 Å². The van der Waals surface area contributed by atoms with Crippen LogP contribution in [0.3, 0.4) is 0 Å². The molecule has 2 atom stereocenters. The van der Waals surface area contributed by atoms with E-state index in [0.717, 1.165) is 24.3 Å². The van der Waals surface area contributed by atoms with Crippen molar-refractivity contribution in [1.29, 1.82) is 0 Å². The molecule has 1 fully saturated rings. The smallest absolute Gasteiger partial charge is 0.139 e. The average Bonchev–Trinajstić information content (AvgIpc) is 2.41. The maximum Gasteiger partial charge on any atom is 0.139 e. The fraction of sp³-hybridized carbons (Fsp3) is 0.611. The second-order valence-corrected chi connectivity index (χ2v) is 5.69. The third-order valence-electron chi connectivity index (χ3n) is 3.85. The topological polar surface area (TPSA) is 34.1 Å². The molecule has 0 aromatic carbocycles. The van der Waals surface area contributed by atoms with Crippen molar-refractivity contribution in [2.24, 2.45) is 0 Å². The molecule has 114 valence electrons. The second kappa shape index (κ2) is 8.69. The summed E-state index contributed by atoms with van der Waals surface area (Å²) in [5.74, 6) is 7.23. The van der Waals surface area contributed by atoms with Crippen molar-refractivity contribution in [3.63, 3.8) is 0 Å². The van der Waals surface area contributed by atoms with Crippen molar-refractivity contribution in [3.05, 3.63) is 24.0 Å². The molecule has 2 rings (SSSR count). The number of pyridine rings is 1. The fourth-order valence-electron chi connectivity index (χ4n) is 2.36. The number of rotatable bonds is 7. The maximum atomic E-state index is 5.93. The fourth-order valence-corrected chi connectivity index (χ4v) is 2.36. The highest BCUT2D eigenvalue weighted by molar-refractivity contribution is 5.36. The normalized spacial score (nSPS) is 18.3. The SMILES string of the molecule is CCCCCCC#Cc1cncc(OC(C)[C@@H]2CCN2)c1. The first-order valence-electron chi connectivity index (χ1n) is 8.13. The zero-order chi connectivity index (χ0) is 14.9. The van der Waals surface area contributed by atoms with Gasteiger partial charge in [-0.3, -0.25) is 4.98 Å². The van der Waals surface area contributed by atoms with E-state index in [2.05, 4.69) is 36.0 Å².